The zero-order chi connectivity index (χ0) is 18.3. The van der Waals surface area contributed by atoms with Crippen molar-refractivity contribution in [3.05, 3.63) is 59.7 Å². The molecule has 3 nitrogen and oxygen atoms in total. The van der Waals surface area contributed by atoms with Gasteiger partial charge in [0, 0.05) is 6.54 Å². The molecule has 0 fully saturated rings. The highest BCUT2D eigenvalue weighted by atomic mass is 16.6. The van der Waals surface area contributed by atoms with Crippen molar-refractivity contribution in [2.24, 2.45) is 0 Å². The summed E-state index contributed by atoms with van der Waals surface area (Å²) in [6.45, 7) is 8.38. The van der Waals surface area contributed by atoms with E-state index in [4.69, 9.17) is 4.74 Å². The highest BCUT2D eigenvalue weighted by Gasteiger charge is 2.15. The maximum atomic E-state index is 11.7. The van der Waals surface area contributed by atoms with Crippen molar-refractivity contribution in [1.29, 1.82) is 0 Å². The predicted molar refractivity (Wildman–Crippen MR) is 104 cm³/mol. The fourth-order valence-corrected chi connectivity index (χ4v) is 2.72. The second-order valence-electron chi connectivity index (χ2n) is 7.24. The molecule has 0 aliphatic heterocycles. The largest absolute Gasteiger partial charge is 0.444 e. The van der Waals surface area contributed by atoms with Gasteiger partial charge in [-0.3, -0.25) is 0 Å². The third-order valence-corrected chi connectivity index (χ3v) is 3.98. The fourth-order valence-electron chi connectivity index (χ4n) is 2.72. The molecule has 2 aromatic carbocycles. The van der Waals surface area contributed by atoms with E-state index in [0.717, 1.165) is 19.3 Å². The van der Waals surface area contributed by atoms with Gasteiger partial charge in [-0.25, -0.2) is 4.79 Å². The van der Waals surface area contributed by atoms with Crippen molar-refractivity contribution < 1.29 is 9.53 Å². The van der Waals surface area contributed by atoms with Crippen LogP contribution in [-0.2, 0) is 17.6 Å². The van der Waals surface area contributed by atoms with Gasteiger partial charge in [-0.15, -0.1) is 0 Å². The van der Waals surface area contributed by atoms with E-state index in [2.05, 4.69) is 60.8 Å². The molecule has 134 valence electrons. The van der Waals surface area contributed by atoms with Gasteiger partial charge in [0.05, 0.1) is 0 Å². The Kier molecular flexibility index (Phi) is 6.63. The number of hydrogen-bond donors (Lipinski definition) is 1. The van der Waals surface area contributed by atoms with E-state index in [1.165, 1.54) is 22.3 Å². The van der Waals surface area contributed by atoms with Gasteiger partial charge < -0.3 is 10.1 Å². The number of benzene rings is 2. The van der Waals surface area contributed by atoms with Crippen molar-refractivity contribution in [3.63, 3.8) is 0 Å². The zero-order valence-electron chi connectivity index (χ0n) is 15.8. The summed E-state index contributed by atoms with van der Waals surface area (Å²) in [5.74, 6) is 0. The molecule has 0 saturated heterocycles. The first kappa shape index (κ1) is 19.0. The molecule has 0 aliphatic rings. The van der Waals surface area contributed by atoms with Crippen LogP contribution in [0.4, 0.5) is 4.79 Å². The van der Waals surface area contributed by atoms with E-state index in [0.29, 0.717) is 6.54 Å². The summed E-state index contributed by atoms with van der Waals surface area (Å²) in [4.78, 5) is 11.7. The van der Waals surface area contributed by atoms with E-state index >= 15 is 0 Å². The summed E-state index contributed by atoms with van der Waals surface area (Å²) in [6.07, 6.45) is 2.50. The summed E-state index contributed by atoms with van der Waals surface area (Å²) in [6, 6.07) is 17.2. The minimum absolute atomic E-state index is 0.351. The zero-order valence-corrected chi connectivity index (χ0v) is 15.8. The van der Waals surface area contributed by atoms with E-state index in [9.17, 15) is 4.79 Å². The first-order valence-electron chi connectivity index (χ1n) is 9.03. The Morgan fingerprint density at radius 1 is 1.04 bits per heavy atom. The molecule has 0 heterocycles. The van der Waals surface area contributed by atoms with Crippen LogP contribution >= 0.6 is 0 Å². The Bertz CT molecular complexity index is 684. The van der Waals surface area contributed by atoms with Gasteiger partial charge in [-0.05, 0) is 62.3 Å². The second kappa shape index (κ2) is 8.70. The van der Waals surface area contributed by atoms with Gasteiger partial charge >= 0.3 is 6.09 Å². The van der Waals surface area contributed by atoms with Crippen LogP contribution in [0.2, 0.25) is 0 Å². The molecule has 0 radical (unpaired) electrons. The van der Waals surface area contributed by atoms with Crippen LogP contribution in [0.1, 0.15) is 45.2 Å². The van der Waals surface area contributed by atoms with E-state index in [1.807, 2.05) is 20.8 Å². The molecule has 1 N–H and O–H groups in total. The Morgan fingerprint density at radius 2 is 1.72 bits per heavy atom. The maximum Gasteiger partial charge on any atom is 0.407 e. The summed E-state index contributed by atoms with van der Waals surface area (Å²) in [7, 11) is 0. The Labute approximate surface area is 151 Å². The SMILES string of the molecule is CCc1ccc(-c2ccccc2CCCNC(=O)OC(C)(C)C)cc1. The van der Waals surface area contributed by atoms with Crippen molar-refractivity contribution in [2.75, 3.05) is 6.54 Å². The third kappa shape index (κ3) is 6.26. The minimum Gasteiger partial charge on any atom is -0.444 e. The van der Waals surface area contributed by atoms with E-state index < -0.39 is 5.60 Å². The number of alkyl carbamates (subject to hydrolysis) is 1. The maximum absolute atomic E-state index is 11.7. The highest BCUT2D eigenvalue weighted by Crippen LogP contribution is 2.25. The quantitative estimate of drug-likeness (QED) is 0.718. The molecule has 3 heteroatoms. The predicted octanol–water partition coefficient (Wildman–Crippen LogP) is 5.37. The average Bonchev–Trinajstić information content (AvgIpc) is 2.58. The van der Waals surface area contributed by atoms with Crippen molar-refractivity contribution >= 4 is 6.09 Å². The molecular formula is C22H29NO2. The third-order valence-electron chi connectivity index (χ3n) is 3.98. The minimum atomic E-state index is -0.457. The van der Waals surface area contributed by atoms with Gasteiger partial charge in [0.15, 0.2) is 0 Å². The second-order valence-corrected chi connectivity index (χ2v) is 7.24. The fraction of sp³-hybridized carbons (Fsp3) is 0.409. The van der Waals surface area contributed by atoms with Gasteiger partial charge in [0.1, 0.15) is 5.60 Å². The van der Waals surface area contributed by atoms with Crippen LogP contribution in [0.15, 0.2) is 48.5 Å². The Balaban J connectivity index is 1.93. The van der Waals surface area contributed by atoms with Crippen LogP contribution in [-0.4, -0.2) is 18.2 Å². The van der Waals surface area contributed by atoms with Gasteiger partial charge in [0.2, 0.25) is 0 Å². The molecule has 0 atom stereocenters. The standard InChI is InChI=1S/C22H29NO2/c1-5-17-12-14-19(15-13-17)20-11-7-6-9-18(20)10-8-16-23-21(24)25-22(2,3)4/h6-7,9,11-15H,5,8,10,16H2,1-4H3,(H,23,24). The monoisotopic (exact) mass is 339 g/mol. The number of hydrogen-bond acceptors (Lipinski definition) is 2. The van der Waals surface area contributed by atoms with Crippen molar-refractivity contribution in [2.45, 2.75) is 52.6 Å². The first-order chi connectivity index (χ1) is 11.9. The van der Waals surface area contributed by atoms with Crippen molar-refractivity contribution in [3.8, 4) is 11.1 Å². The molecular weight excluding hydrogens is 310 g/mol. The lowest BCUT2D eigenvalue weighted by Crippen LogP contribution is -2.33. The average molecular weight is 339 g/mol. The van der Waals surface area contributed by atoms with Gasteiger partial charge in [-0.1, -0.05) is 55.5 Å². The van der Waals surface area contributed by atoms with E-state index in [-0.39, 0.29) is 6.09 Å². The lowest BCUT2D eigenvalue weighted by atomic mass is 9.96. The Morgan fingerprint density at radius 3 is 2.36 bits per heavy atom. The van der Waals surface area contributed by atoms with Gasteiger partial charge in [-0.2, -0.15) is 0 Å². The van der Waals surface area contributed by atoms with Crippen molar-refractivity contribution in [1.82, 2.24) is 5.32 Å². The van der Waals surface area contributed by atoms with E-state index in [1.54, 1.807) is 0 Å². The van der Waals surface area contributed by atoms with Crippen LogP contribution in [0, 0.1) is 0 Å². The topological polar surface area (TPSA) is 38.3 Å². The normalized spacial score (nSPS) is 11.2. The molecule has 2 rings (SSSR count). The summed E-state index contributed by atoms with van der Waals surface area (Å²) < 4.78 is 5.25. The van der Waals surface area contributed by atoms with Gasteiger partial charge in [0.25, 0.3) is 0 Å². The number of amides is 1. The molecule has 0 saturated carbocycles. The smallest absolute Gasteiger partial charge is 0.407 e. The molecule has 2 aromatic rings. The molecule has 0 spiro atoms. The molecule has 25 heavy (non-hydrogen) atoms. The number of ether oxygens (including phenoxy) is 1. The number of nitrogens with one attached hydrogen (secondary N) is 1. The lowest BCUT2D eigenvalue weighted by Gasteiger charge is -2.19. The van der Waals surface area contributed by atoms with Crippen LogP contribution in [0.25, 0.3) is 11.1 Å². The number of rotatable bonds is 6. The first-order valence-corrected chi connectivity index (χ1v) is 9.03. The molecule has 0 bridgehead atoms. The Hall–Kier alpha value is -2.29. The molecule has 0 unspecified atom stereocenters. The molecule has 0 aromatic heterocycles. The number of carbonyl (C=O) groups excluding carboxylic acids is 1. The van der Waals surface area contributed by atoms with Crippen LogP contribution in [0.5, 0.6) is 0 Å². The number of carbonyl (C=O) groups is 1. The molecule has 1 amide bonds. The summed E-state index contributed by atoms with van der Waals surface area (Å²) in [5.41, 5.74) is 4.71. The van der Waals surface area contributed by atoms with Crippen LogP contribution in [0.3, 0.4) is 0 Å². The summed E-state index contributed by atoms with van der Waals surface area (Å²) >= 11 is 0. The highest BCUT2D eigenvalue weighted by molar-refractivity contribution is 5.68. The lowest BCUT2D eigenvalue weighted by molar-refractivity contribution is 0.0527. The number of aryl methyl sites for hydroxylation is 2. The van der Waals surface area contributed by atoms with Crippen LogP contribution < -0.4 is 5.32 Å². The molecule has 0 aliphatic carbocycles. The summed E-state index contributed by atoms with van der Waals surface area (Å²) in [5, 5.41) is 2.82.